The van der Waals surface area contributed by atoms with E-state index in [-0.39, 0.29) is 24.3 Å². The van der Waals surface area contributed by atoms with E-state index in [1.807, 2.05) is 26.8 Å². The number of nitrogens with two attached hydrogens (primary N) is 1. The van der Waals surface area contributed by atoms with Gasteiger partial charge in [0, 0.05) is 42.9 Å². The second kappa shape index (κ2) is 13.8. The molecule has 1 aromatic heterocycles. The molecule has 1 saturated heterocycles. The number of hydrogen-bond acceptors (Lipinski definition) is 4. The van der Waals surface area contributed by atoms with Crippen LogP contribution in [0.1, 0.15) is 70.4 Å². The summed E-state index contributed by atoms with van der Waals surface area (Å²) in [6, 6.07) is 5.95. The number of likely N-dealkylation sites (tertiary alicyclic amines) is 1. The van der Waals surface area contributed by atoms with Crippen molar-refractivity contribution in [2.75, 3.05) is 6.54 Å². The highest BCUT2D eigenvalue weighted by atomic mass is 19.4. The first kappa shape index (κ1) is 31.1. The summed E-state index contributed by atoms with van der Waals surface area (Å²) < 4.78 is 38.8. The van der Waals surface area contributed by atoms with Gasteiger partial charge in [-0.3, -0.25) is 19.4 Å². The lowest BCUT2D eigenvalue weighted by atomic mass is 9.81. The monoisotopic (exact) mass is 560 g/mol. The number of rotatable bonds is 11. The van der Waals surface area contributed by atoms with E-state index in [0.717, 1.165) is 30.5 Å². The molecule has 40 heavy (non-hydrogen) atoms. The van der Waals surface area contributed by atoms with Crippen LogP contribution in [-0.4, -0.2) is 40.2 Å². The van der Waals surface area contributed by atoms with E-state index in [0.29, 0.717) is 43.4 Å². The fourth-order valence-electron chi connectivity index (χ4n) is 5.29. The topological polar surface area (TPSA) is 105 Å². The fraction of sp³-hybridized carbons (Fsp3) is 0.533. The van der Waals surface area contributed by atoms with E-state index in [1.165, 1.54) is 12.1 Å². The summed E-state index contributed by atoms with van der Waals surface area (Å²) in [5.41, 5.74) is 6.89. The van der Waals surface area contributed by atoms with Gasteiger partial charge in [-0.2, -0.15) is 13.2 Å². The molecule has 1 unspecified atom stereocenters. The highest BCUT2D eigenvalue weighted by molar-refractivity contribution is 5.91. The van der Waals surface area contributed by atoms with Gasteiger partial charge < -0.3 is 16.0 Å². The van der Waals surface area contributed by atoms with Crippen LogP contribution in [0, 0.1) is 17.8 Å². The first-order valence-corrected chi connectivity index (χ1v) is 13.9. The molecule has 2 aromatic rings. The van der Waals surface area contributed by atoms with Crippen LogP contribution in [-0.2, 0) is 27.1 Å². The number of carbonyl (C=O) groups excluding carboxylic acids is 3. The molecule has 1 aromatic carbocycles. The molecule has 1 fully saturated rings. The van der Waals surface area contributed by atoms with Crippen LogP contribution in [0.5, 0.6) is 0 Å². The van der Waals surface area contributed by atoms with Crippen molar-refractivity contribution in [3.05, 3.63) is 53.9 Å². The highest BCUT2D eigenvalue weighted by Crippen LogP contribution is 2.31. The van der Waals surface area contributed by atoms with Crippen molar-refractivity contribution >= 4 is 17.7 Å². The lowest BCUT2D eigenvalue weighted by molar-refractivity contribution is -0.139. The zero-order chi connectivity index (χ0) is 29.4. The number of pyridine rings is 1. The molecule has 0 aliphatic carbocycles. The van der Waals surface area contributed by atoms with Crippen molar-refractivity contribution in [3.8, 4) is 11.1 Å². The van der Waals surface area contributed by atoms with E-state index < -0.39 is 35.5 Å². The third-order valence-corrected chi connectivity index (χ3v) is 7.32. The van der Waals surface area contributed by atoms with Crippen molar-refractivity contribution in [1.29, 1.82) is 0 Å². The van der Waals surface area contributed by atoms with Gasteiger partial charge in [0.15, 0.2) is 0 Å². The van der Waals surface area contributed by atoms with Gasteiger partial charge in [0.2, 0.25) is 17.7 Å². The van der Waals surface area contributed by atoms with Gasteiger partial charge in [0.1, 0.15) is 6.04 Å². The summed E-state index contributed by atoms with van der Waals surface area (Å²) in [4.78, 5) is 45.1. The van der Waals surface area contributed by atoms with Crippen LogP contribution in [0.4, 0.5) is 13.2 Å². The molecule has 0 saturated carbocycles. The SMILES string of the molecule is CCC[C@H](C(N)=O)[C@H](CC(C)C)C(=O)NC1CCCCN(Cc2cncc(-c3ccc(C(F)(F)F)cc3)c2)C1=O. The fourth-order valence-corrected chi connectivity index (χ4v) is 5.29. The predicted octanol–water partition coefficient (Wildman–Crippen LogP) is 5.33. The number of alkyl halides is 3. The smallest absolute Gasteiger partial charge is 0.369 e. The van der Waals surface area contributed by atoms with E-state index in [4.69, 9.17) is 5.73 Å². The Kier molecular flexibility index (Phi) is 10.7. The molecule has 218 valence electrons. The minimum atomic E-state index is -4.41. The van der Waals surface area contributed by atoms with Gasteiger partial charge in [0.05, 0.1) is 5.56 Å². The summed E-state index contributed by atoms with van der Waals surface area (Å²) in [6.45, 7) is 6.66. The van der Waals surface area contributed by atoms with Gasteiger partial charge >= 0.3 is 6.18 Å². The Morgan fingerprint density at radius 2 is 1.80 bits per heavy atom. The summed E-state index contributed by atoms with van der Waals surface area (Å²) in [7, 11) is 0. The lowest BCUT2D eigenvalue weighted by Crippen LogP contribution is -2.50. The average Bonchev–Trinajstić information content (AvgIpc) is 3.06. The van der Waals surface area contributed by atoms with Gasteiger partial charge in [-0.05, 0) is 67.3 Å². The number of benzene rings is 1. The van der Waals surface area contributed by atoms with Gasteiger partial charge in [-0.1, -0.05) is 39.3 Å². The average molecular weight is 561 g/mol. The quantitative estimate of drug-likeness (QED) is 0.388. The first-order valence-electron chi connectivity index (χ1n) is 13.9. The molecular formula is C30H39F3N4O3. The van der Waals surface area contributed by atoms with E-state index in [2.05, 4.69) is 10.3 Å². The number of halogens is 3. The van der Waals surface area contributed by atoms with Crippen molar-refractivity contribution in [2.45, 2.75) is 78.1 Å². The summed E-state index contributed by atoms with van der Waals surface area (Å²) >= 11 is 0. The lowest BCUT2D eigenvalue weighted by Gasteiger charge is -2.29. The van der Waals surface area contributed by atoms with Crippen molar-refractivity contribution in [2.24, 2.45) is 23.5 Å². The maximum absolute atomic E-state index is 13.5. The summed E-state index contributed by atoms with van der Waals surface area (Å²) in [5.74, 6) is -2.07. The Morgan fingerprint density at radius 1 is 1.10 bits per heavy atom. The molecule has 0 bridgehead atoms. The third-order valence-electron chi connectivity index (χ3n) is 7.32. The van der Waals surface area contributed by atoms with Gasteiger partial charge in [0.25, 0.3) is 0 Å². The Labute approximate surface area is 233 Å². The minimum Gasteiger partial charge on any atom is -0.369 e. The maximum atomic E-state index is 13.5. The molecule has 7 nitrogen and oxygen atoms in total. The van der Waals surface area contributed by atoms with Crippen LogP contribution in [0.25, 0.3) is 11.1 Å². The molecular weight excluding hydrogens is 521 g/mol. The normalized spacial score (nSPS) is 17.8. The zero-order valence-corrected chi connectivity index (χ0v) is 23.3. The molecule has 1 aliphatic rings. The number of hydrogen-bond donors (Lipinski definition) is 2. The first-order chi connectivity index (χ1) is 18.9. The van der Waals surface area contributed by atoms with Crippen molar-refractivity contribution in [3.63, 3.8) is 0 Å². The summed E-state index contributed by atoms with van der Waals surface area (Å²) in [6.07, 6.45) is 2.50. The molecule has 0 spiro atoms. The van der Waals surface area contributed by atoms with Crippen molar-refractivity contribution < 1.29 is 27.6 Å². The second-order valence-corrected chi connectivity index (χ2v) is 11.0. The highest BCUT2D eigenvalue weighted by Gasteiger charge is 2.36. The van der Waals surface area contributed by atoms with Crippen LogP contribution in [0.3, 0.4) is 0 Å². The van der Waals surface area contributed by atoms with Crippen LogP contribution in [0.15, 0.2) is 42.7 Å². The van der Waals surface area contributed by atoms with Gasteiger partial charge in [-0.25, -0.2) is 0 Å². The summed E-state index contributed by atoms with van der Waals surface area (Å²) in [5, 5.41) is 2.93. The number of primary amides is 1. The maximum Gasteiger partial charge on any atom is 0.416 e. The molecule has 3 N–H and O–H groups in total. The Balaban J connectivity index is 1.75. The number of aromatic nitrogens is 1. The van der Waals surface area contributed by atoms with E-state index in [9.17, 15) is 27.6 Å². The molecule has 0 radical (unpaired) electrons. The zero-order valence-electron chi connectivity index (χ0n) is 23.3. The molecule has 3 rings (SSSR count). The Bertz CT molecular complexity index is 1170. The number of nitrogens with zero attached hydrogens (tertiary/aromatic N) is 2. The molecule has 3 amide bonds. The van der Waals surface area contributed by atoms with Crippen LogP contribution < -0.4 is 11.1 Å². The number of nitrogens with one attached hydrogen (secondary N) is 1. The van der Waals surface area contributed by atoms with E-state index >= 15 is 0 Å². The minimum absolute atomic E-state index is 0.167. The number of carbonyl (C=O) groups is 3. The van der Waals surface area contributed by atoms with Gasteiger partial charge in [-0.15, -0.1) is 0 Å². The Morgan fingerprint density at radius 3 is 2.40 bits per heavy atom. The molecule has 1 aliphatic heterocycles. The number of amides is 3. The third kappa shape index (κ3) is 8.29. The molecule has 3 atom stereocenters. The molecule has 10 heteroatoms. The van der Waals surface area contributed by atoms with Crippen LogP contribution >= 0.6 is 0 Å². The molecule has 2 heterocycles. The largest absolute Gasteiger partial charge is 0.416 e. The standard InChI is InChI=1S/C30H39F3N4O3/c1-4-7-24(27(34)38)25(14-19(2)3)28(39)36-26-8-5-6-13-37(29(26)40)18-20-15-22(17-35-16-20)21-9-11-23(12-10-21)30(31,32)33/h9-12,15-17,19,24-26H,4-8,13-14,18H2,1-3H3,(H2,34,38)(H,36,39)/t24-,25-,26?/m0/s1. The predicted molar refractivity (Wildman–Crippen MR) is 146 cm³/mol. The Hall–Kier alpha value is -3.43. The van der Waals surface area contributed by atoms with E-state index in [1.54, 1.807) is 17.3 Å². The van der Waals surface area contributed by atoms with Crippen LogP contribution in [0.2, 0.25) is 0 Å². The second-order valence-electron chi connectivity index (χ2n) is 11.0. The van der Waals surface area contributed by atoms with Crippen molar-refractivity contribution in [1.82, 2.24) is 15.2 Å².